The minimum Gasteiger partial charge on any atom is -0.330 e. The Morgan fingerprint density at radius 3 is 2.93 bits per heavy atom. The molecule has 1 aromatic rings. The van der Waals surface area contributed by atoms with Crippen molar-refractivity contribution in [2.75, 3.05) is 0 Å². The fourth-order valence-corrected chi connectivity index (χ4v) is 2.33. The van der Waals surface area contributed by atoms with Crippen molar-refractivity contribution in [3.63, 3.8) is 0 Å². The summed E-state index contributed by atoms with van der Waals surface area (Å²) in [4.78, 5) is 4.67. The number of rotatable bonds is 2. The van der Waals surface area contributed by atoms with Crippen molar-refractivity contribution in [2.45, 2.75) is 52.1 Å². The Hall–Kier alpha value is -0.830. The Balaban J connectivity index is 2.48. The number of fused-ring (bicyclic) bond motifs is 1. The van der Waals surface area contributed by atoms with Gasteiger partial charge in [-0.2, -0.15) is 0 Å². The molecule has 1 aromatic heterocycles. The molecule has 2 heterocycles. The van der Waals surface area contributed by atoms with Crippen LogP contribution in [0.15, 0.2) is 0 Å². The summed E-state index contributed by atoms with van der Waals surface area (Å²) < 4.78 is 2.34. The molecule has 1 unspecified atom stereocenters. The highest BCUT2D eigenvalue weighted by atomic mass is 15.1. The molecule has 0 spiro atoms. The van der Waals surface area contributed by atoms with Crippen LogP contribution in [0.1, 0.15) is 49.9 Å². The number of hydrogen-bond acceptors (Lipinski definition) is 2. The Morgan fingerprint density at radius 2 is 2.29 bits per heavy atom. The topological polar surface area (TPSA) is 43.8 Å². The number of imidazole rings is 1. The van der Waals surface area contributed by atoms with Gasteiger partial charge in [0, 0.05) is 19.0 Å². The van der Waals surface area contributed by atoms with Crippen molar-refractivity contribution in [2.24, 2.45) is 5.73 Å². The maximum absolute atomic E-state index is 6.00. The van der Waals surface area contributed by atoms with Gasteiger partial charge in [-0.25, -0.2) is 4.98 Å². The summed E-state index contributed by atoms with van der Waals surface area (Å²) in [6, 6.07) is 0.115. The van der Waals surface area contributed by atoms with Crippen molar-refractivity contribution in [1.82, 2.24) is 9.55 Å². The first kappa shape index (κ1) is 9.71. The minimum absolute atomic E-state index is 0.115. The van der Waals surface area contributed by atoms with Gasteiger partial charge in [-0.3, -0.25) is 0 Å². The molecule has 0 bridgehead atoms. The molecule has 0 aliphatic carbocycles. The predicted octanol–water partition coefficient (Wildman–Crippen LogP) is 1.80. The van der Waals surface area contributed by atoms with Crippen molar-refractivity contribution < 1.29 is 0 Å². The molecule has 0 amide bonds. The zero-order chi connectivity index (χ0) is 10.1. The largest absolute Gasteiger partial charge is 0.330 e. The quantitative estimate of drug-likeness (QED) is 0.778. The lowest BCUT2D eigenvalue weighted by molar-refractivity contribution is 0.498. The third kappa shape index (κ3) is 1.46. The molecule has 78 valence electrons. The Labute approximate surface area is 85.3 Å². The first-order valence-corrected chi connectivity index (χ1v) is 5.57. The monoisotopic (exact) mass is 193 g/mol. The van der Waals surface area contributed by atoms with Crippen molar-refractivity contribution >= 4 is 0 Å². The molecule has 2 N–H and O–H groups in total. The van der Waals surface area contributed by atoms with Crippen LogP contribution in [0.3, 0.4) is 0 Å². The van der Waals surface area contributed by atoms with E-state index >= 15 is 0 Å². The summed E-state index contributed by atoms with van der Waals surface area (Å²) in [5, 5.41) is 0. The normalized spacial score (nSPS) is 17.9. The summed E-state index contributed by atoms with van der Waals surface area (Å²) in [6.07, 6.45) is 4.67. The molecule has 2 rings (SSSR count). The van der Waals surface area contributed by atoms with E-state index in [1.807, 2.05) is 0 Å². The van der Waals surface area contributed by atoms with Crippen LogP contribution in [0.25, 0.3) is 0 Å². The lowest BCUT2D eigenvalue weighted by Gasteiger charge is -2.18. The zero-order valence-electron chi connectivity index (χ0n) is 9.08. The summed E-state index contributed by atoms with van der Waals surface area (Å²) in [5.41, 5.74) is 8.47. The number of aromatic nitrogens is 2. The average Bonchev–Trinajstić information content (AvgIpc) is 2.55. The highest BCUT2D eigenvalue weighted by Gasteiger charge is 2.20. The molecule has 1 aliphatic rings. The van der Waals surface area contributed by atoms with E-state index in [9.17, 15) is 0 Å². The smallest absolute Gasteiger partial charge is 0.109 e. The lowest BCUT2D eigenvalue weighted by Crippen LogP contribution is -2.18. The van der Waals surface area contributed by atoms with Crippen LogP contribution < -0.4 is 5.73 Å². The van der Waals surface area contributed by atoms with E-state index in [1.165, 1.54) is 30.1 Å². The molecule has 3 heteroatoms. The Bertz CT molecular complexity index is 326. The summed E-state index contributed by atoms with van der Waals surface area (Å²) in [6.45, 7) is 5.32. The summed E-state index contributed by atoms with van der Waals surface area (Å²) >= 11 is 0. The lowest BCUT2D eigenvalue weighted by atomic mass is 10.1. The number of nitrogens with two attached hydrogens (primary N) is 1. The summed E-state index contributed by atoms with van der Waals surface area (Å²) in [7, 11) is 0. The van der Waals surface area contributed by atoms with E-state index in [-0.39, 0.29) is 6.04 Å². The Morgan fingerprint density at radius 1 is 1.50 bits per heavy atom. The number of nitrogens with zero attached hydrogens (tertiary/aromatic N) is 2. The van der Waals surface area contributed by atoms with Gasteiger partial charge in [-0.05, 0) is 26.2 Å². The third-order valence-corrected chi connectivity index (χ3v) is 2.96. The second kappa shape index (κ2) is 3.73. The molecule has 0 fully saturated rings. The molecular weight excluding hydrogens is 174 g/mol. The molecule has 0 radical (unpaired) electrons. The van der Waals surface area contributed by atoms with E-state index in [0.717, 1.165) is 19.4 Å². The van der Waals surface area contributed by atoms with E-state index in [4.69, 9.17) is 5.73 Å². The average molecular weight is 193 g/mol. The minimum atomic E-state index is 0.115. The van der Waals surface area contributed by atoms with E-state index in [2.05, 4.69) is 23.4 Å². The highest BCUT2D eigenvalue weighted by Crippen LogP contribution is 2.23. The Kier molecular flexibility index (Phi) is 2.59. The maximum Gasteiger partial charge on any atom is 0.109 e. The van der Waals surface area contributed by atoms with E-state index < -0.39 is 0 Å². The first-order valence-electron chi connectivity index (χ1n) is 5.57. The number of aryl methyl sites for hydroxylation is 2. The van der Waals surface area contributed by atoms with Crippen molar-refractivity contribution in [3.8, 4) is 0 Å². The van der Waals surface area contributed by atoms with Crippen LogP contribution in [0.5, 0.6) is 0 Å². The first-order chi connectivity index (χ1) is 6.74. The second-order valence-corrected chi connectivity index (χ2v) is 4.11. The predicted molar refractivity (Wildman–Crippen MR) is 57.1 cm³/mol. The van der Waals surface area contributed by atoms with Crippen molar-refractivity contribution in [3.05, 3.63) is 17.2 Å². The molecule has 1 aliphatic heterocycles. The number of hydrogen-bond donors (Lipinski definition) is 1. The summed E-state index contributed by atoms with van der Waals surface area (Å²) in [5.74, 6) is 1.25. The standard InChI is InChI=1S/C11H19N3/c1-3-9-11(8(2)12)14-7-5-4-6-10(14)13-9/h8H,3-7,12H2,1-2H3. The maximum atomic E-state index is 6.00. The van der Waals surface area contributed by atoms with Crippen LogP contribution >= 0.6 is 0 Å². The van der Waals surface area contributed by atoms with Gasteiger partial charge in [-0.1, -0.05) is 6.92 Å². The molecule has 14 heavy (non-hydrogen) atoms. The van der Waals surface area contributed by atoms with Gasteiger partial charge < -0.3 is 10.3 Å². The van der Waals surface area contributed by atoms with E-state index in [0.29, 0.717) is 0 Å². The van der Waals surface area contributed by atoms with Gasteiger partial charge in [0.2, 0.25) is 0 Å². The molecular formula is C11H19N3. The third-order valence-electron chi connectivity index (χ3n) is 2.96. The van der Waals surface area contributed by atoms with Crippen LogP contribution in [0.2, 0.25) is 0 Å². The van der Waals surface area contributed by atoms with Gasteiger partial charge in [-0.15, -0.1) is 0 Å². The molecule has 0 saturated heterocycles. The highest BCUT2D eigenvalue weighted by molar-refractivity contribution is 5.21. The molecule has 1 atom stereocenters. The zero-order valence-corrected chi connectivity index (χ0v) is 9.08. The van der Waals surface area contributed by atoms with Gasteiger partial charge in [0.05, 0.1) is 11.4 Å². The van der Waals surface area contributed by atoms with Crippen LogP contribution in [0.4, 0.5) is 0 Å². The molecule has 0 aromatic carbocycles. The van der Waals surface area contributed by atoms with Crippen LogP contribution in [0, 0.1) is 0 Å². The van der Waals surface area contributed by atoms with Gasteiger partial charge in [0.1, 0.15) is 5.82 Å². The van der Waals surface area contributed by atoms with Crippen molar-refractivity contribution in [1.29, 1.82) is 0 Å². The SMILES string of the molecule is CCc1nc2n(c1C(C)N)CCCC2. The fraction of sp³-hybridized carbons (Fsp3) is 0.727. The molecule has 3 nitrogen and oxygen atoms in total. The second-order valence-electron chi connectivity index (χ2n) is 4.11. The van der Waals surface area contributed by atoms with Gasteiger partial charge in [0.15, 0.2) is 0 Å². The van der Waals surface area contributed by atoms with Gasteiger partial charge in [0.25, 0.3) is 0 Å². The fourth-order valence-electron chi connectivity index (χ4n) is 2.33. The molecule has 0 saturated carbocycles. The van der Waals surface area contributed by atoms with E-state index in [1.54, 1.807) is 0 Å². The van der Waals surface area contributed by atoms with Crippen LogP contribution in [-0.2, 0) is 19.4 Å². The van der Waals surface area contributed by atoms with Crippen LogP contribution in [-0.4, -0.2) is 9.55 Å². The van der Waals surface area contributed by atoms with Gasteiger partial charge >= 0.3 is 0 Å².